The van der Waals surface area contributed by atoms with Crippen molar-refractivity contribution >= 4 is 27.7 Å². The maximum atomic E-state index is 9.64. The summed E-state index contributed by atoms with van der Waals surface area (Å²) in [5, 5.41) is 15.8. The molecule has 0 atom stereocenters. The molecule has 6 heteroatoms. The van der Waals surface area contributed by atoms with Crippen LogP contribution in [0.15, 0.2) is 10.7 Å². The highest BCUT2D eigenvalue weighted by Crippen LogP contribution is 2.20. The molecule has 0 aliphatic rings. The van der Waals surface area contributed by atoms with Gasteiger partial charge in [-0.25, -0.2) is 4.98 Å². The summed E-state index contributed by atoms with van der Waals surface area (Å²) >= 11 is 3.37. The van der Waals surface area contributed by atoms with Gasteiger partial charge in [0.1, 0.15) is 5.82 Å². The number of anilines is 2. The third-order valence-corrected chi connectivity index (χ3v) is 2.55. The van der Waals surface area contributed by atoms with Gasteiger partial charge in [0.15, 0.2) is 0 Å². The van der Waals surface area contributed by atoms with E-state index in [0.29, 0.717) is 18.3 Å². The van der Waals surface area contributed by atoms with Crippen molar-refractivity contribution in [2.45, 2.75) is 32.8 Å². The average Bonchev–Trinajstić information content (AvgIpc) is 2.25. The van der Waals surface area contributed by atoms with Crippen LogP contribution in [0.3, 0.4) is 0 Å². The Morgan fingerprint density at radius 3 is 2.71 bits per heavy atom. The summed E-state index contributed by atoms with van der Waals surface area (Å²) in [5.74, 6) is 1.27. The molecule has 0 saturated heterocycles. The van der Waals surface area contributed by atoms with Gasteiger partial charge in [-0.15, -0.1) is 0 Å². The van der Waals surface area contributed by atoms with Crippen LogP contribution in [0.1, 0.15) is 27.2 Å². The van der Waals surface area contributed by atoms with Crippen molar-refractivity contribution in [1.29, 1.82) is 0 Å². The molecule has 0 aliphatic carbocycles. The second-order valence-corrected chi connectivity index (χ2v) is 5.34. The highest BCUT2D eigenvalue weighted by atomic mass is 79.9. The summed E-state index contributed by atoms with van der Waals surface area (Å²) in [5.41, 5.74) is -0.776. The van der Waals surface area contributed by atoms with E-state index < -0.39 is 5.60 Å². The standard InChI is InChI=1S/C11H19BrN4O/c1-4-5-13-10-14-6-8(12)9(16-10)15-7-11(2,3)17/h6,17H,4-5,7H2,1-3H3,(H2,13,14,15,16). The summed E-state index contributed by atoms with van der Waals surface area (Å²) < 4.78 is 0.781. The molecule has 0 bridgehead atoms. The van der Waals surface area contributed by atoms with Gasteiger partial charge < -0.3 is 15.7 Å². The van der Waals surface area contributed by atoms with E-state index in [0.717, 1.165) is 17.4 Å². The van der Waals surface area contributed by atoms with Crippen LogP contribution >= 0.6 is 15.9 Å². The van der Waals surface area contributed by atoms with Crippen LogP contribution in [0.25, 0.3) is 0 Å². The van der Waals surface area contributed by atoms with Crippen molar-refractivity contribution in [1.82, 2.24) is 9.97 Å². The molecule has 1 aromatic heterocycles. The molecule has 0 unspecified atom stereocenters. The lowest BCUT2D eigenvalue weighted by Crippen LogP contribution is -2.29. The molecular weight excluding hydrogens is 284 g/mol. The fourth-order valence-corrected chi connectivity index (χ4v) is 1.44. The average molecular weight is 303 g/mol. The molecule has 0 spiro atoms. The van der Waals surface area contributed by atoms with E-state index in [-0.39, 0.29) is 0 Å². The molecule has 1 rings (SSSR count). The molecule has 17 heavy (non-hydrogen) atoms. The van der Waals surface area contributed by atoms with Gasteiger partial charge in [0.2, 0.25) is 5.95 Å². The fraction of sp³-hybridized carbons (Fsp3) is 0.636. The van der Waals surface area contributed by atoms with E-state index in [4.69, 9.17) is 0 Å². The minimum Gasteiger partial charge on any atom is -0.389 e. The minimum absolute atomic E-state index is 0.426. The zero-order chi connectivity index (χ0) is 12.9. The summed E-state index contributed by atoms with van der Waals surface area (Å²) in [6.07, 6.45) is 2.71. The highest BCUT2D eigenvalue weighted by molar-refractivity contribution is 9.10. The smallest absolute Gasteiger partial charge is 0.224 e. The van der Waals surface area contributed by atoms with Gasteiger partial charge in [-0.05, 0) is 36.2 Å². The molecule has 0 amide bonds. The van der Waals surface area contributed by atoms with Crippen LogP contribution in [0.4, 0.5) is 11.8 Å². The van der Waals surface area contributed by atoms with E-state index in [1.807, 2.05) is 0 Å². The maximum Gasteiger partial charge on any atom is 0.224 e. The van der Waals surface area contributed by atoms with Gasteiger partial charge in [0, 0.05) is 19.3 Å². The number of hydrogen-bond donors (Lipinski definition) is 3. The van der Waals surface area contributed by atoms with E-state index in [9.17, 15) is 5.11 Å². The maximum absolute atomic E-state index is 9.64. The molecule has 0 aromatic carbocycles. The number of halogens is 1. The molecule has 1 heterocycles. The van der Waals surface area contributed by atoms with Crippen molar-refractivity contribution < 1.29 is 5.11 Å². The predicted molar refractivity (Wildman–Crippen MR) is 73.3 cm³/mol. The second-order valence-electron chi connectivity index (χ2n) is 4.48. The van der Waals surface area contributed by atoms with E-state index in [1.54, 1.807) is 20.0 Å². The summed E-state index contributed by atoms with van der Waals surface area (Å²) in [7, 11) is 0. The molecule has 96 valence electrons. The SMILES string of the molecule is CCCNc1ncc(Br)c(NCC(C)(C)O)n1. The molecule has 0 aliphatic heterocycles. The lowest BCUT2D eigenvalue weighted by Gasteiger charge is -2.18. The third-order valence-electron chi connectivity index (χ3n) is 1.97. The Balaban J connectivity index is 2.69. The summed E-state index contributed by atoms with van der Waals surface area (Å²) in [6.45, 7) is 6.83. The quantitative estimate of drug-likeness (QED) is 0.752. The zero-order valence-electron chi connectivity index (χ0n) is 10.4. The number of hydrogen-bond acceptors (Lipinski definition) is 5. The molecule has 3 N–H and O–H groups in total. The largest absolute Gasteiger partial charge is 0.389 e. The van der Waals surface area contributed by atoms with Crippen molar-refractivity contribution in [3.63, 3.8) is 0 Å². The van der Waals surface area contributed by atoms with E-state index in [1.165, 1.54) is 0 Å². The first-order valence-corrected chi connectivity index (χ1v) is 6.44. The molecule has 1 aromatic rings. The first-order valence-electron chi connectivity index (χ1n) is 5.65. The summed E-state index contributed by atoms with van der Waals surface area (Å²) in [4.78, 5) is 8.47. The first-order chi connectivity index (χ1) is 7.92. The Morgan fingerprint density at radius 2 is 2.12 bits per heavy atom. The van der Waals surface area contributed by atoms with E-state index in [2.05, 4.69) is 43.5 Å². The molecule has 5 nitrogen and oxygen atoms in total. The third kappa shape index (κ3) is 5.32. The fourth-order valence-electron chi connectivity index (χ4n) is 1.11. The van der Waals surface area contributed by atoms with Gasteiger partial charge in [-0.3, -0.25) is 0 Å². The Labute approximate surface area is 110 Å². The Morgan fingerprint density at radius 1 is 1.41 bits per heavy atom. The van der Waals surface area contributed by atoms with Crippen LogP contribution in [-0.2, 0) is 0 Å². The van der Waals surface area contributed by atoms with Crippen LogP contribution < -0.4 is 10.6 Å². The number of aliphatic hydroxyl groups is 1. The van der Waals surface area contributed by atoms with Gasteiger partial charge in [0.25, 0.3) is 0 Å². The van der Waals surface area contributed by atoms with Gasteiger partial charge in [-0.2, -0.15) is 4.98 Å². The number of rotatable bonds is 6. The Kier molecular flexibility index (Phi) is 5.14. The van der Waals surface area contributed by atoms with Gasteiger partial charge in [-0.1, -0.05) is 6.92 Å². The van der Waals surface area contributed by atoms with Crippen LogP contribution in [0, 0.1) is 0 Å². The second kappa shape index (κ2) is 6.16. The number of nitrogens with one attached hydrogen (secondary N) is 2. The first kappa shape index (κ1) is 14.2. The monoisotopic (exact) mass is 302 g/mol. The van der Waals surface area contributed by atoms with Crippen molar-refractivity contribution in [2.75, 3.05) is 23.7 Å². The molecule has 0 saturated carbocycles. The zero-order valence-corrected chi connectivity index (χ0v) is 12.0. The Hall–Kier alpha value is -0.880. The summed E-state index contributed by atoms with van der Waals surface area (Å²) in [6, 6.07) is 0. The predicted octanol–water partition coefficient (Wildman–Crippen LogP) is 2.24. The highest BCUT2D eigenvalue weighted by Gasteiger charge is 2.13. The lowest BCUT2D eigenvalue weighted by atomic mass is 10.1. The van der Waals surface area contributed by atoms with Gasteiger partial charge >= 0.3 is 0 Å². The number of nitrogens with zero attached hydrogens (tertiary/aromatic N) is 2. The number of aromatic nitrogens is 2. The lowest BCUT2D eigenvalue weighted by molar-refractivity contribution is 0.0944. The van der Waals surface area contributed by atoms with Gasteiger partial charge in [0.05, 0.1) is 10.1 Å². The van der Waals surface area contributed by atoms with Crippen LogP contribution in [0.5, 0.6) is 0 Å². The molecular formula is C11H19BrN4O. The van der Waals surface area contributed by atoms with Crippen molar-refractivity contribution in [3.8, 4) is 0 Å². The molecule has 0 fully saturated rings. The Bertz CT molecular complexity index is 365. The van der Waals surface area contributed by atoms with Crippen LogP contribution in [-0.4, -0.2) is 33.8 Å². The topological polar surface area (TPSA) is 70.1 Å². The normalized spacial score (nSPS) is 11.4. The van der Waals surface area contributed by atoms with Crippen molar-refractivity contribution in [2.24, 2.45) is 0 Å². The molecule has 0 radical (unpaired) electrons. The van der Waals surface area contributed by atoms with E-state index >= 15 is 0 Å². The minimum atomic E-state index is -0.776. The van der Waals surface area contributed by atoms with Crippen molar-refractivity contribution in [3.05, 3.63) is 10.7 Å². The van der Waals surface area contributed by atoms with Crippen LogP contribution in [0.2, 0.25) is 0 Å².